The Morgan fingerprint density at radius 1 is 1.40 bits per heavy atom. The number of aliphatic hydroxyl groups excluding tert-OH is 3. The lowest BCUT2D eigenvalue weighted by molar-refractivity contribution is -0.336. The molecule has 1 aliphatic rings. The van der Waals surface area contributed by atoms with E-state index >= 15 is 0 Å². The summed E-state index contributed by atoms with van der Waals surface area (Å²) in [5.41, 5.74) is -1.71. The lowest BCUT2D eigenvalue weighted by Crippen LogP contribution is -2.66. The second-order valence-electron chi connectivity index (χ2n) is 4.07. The SMILES string of the molecule is CO[C@@H]1O[C@H](C(C)O)[C@@H](O)[C@H](O)[C@@]1(C)O. The van der Waals surface area contributed by atoms with Crippen LogP contribution in [0.15, 0.2) is 0 Å². The minimum Gasteiger partial charge on any atom is -0.391 e. The van der Waals surface area contributed by atoms with Gasteiger partial charge >= 0.3 is 0 Å². The molecule has 1 heterocycles. The molecule has 6 nitrogen and oxygen atoms in total. The third-order valence-electron chi connectivity index (χ3n) is 2.71. The van der Waals surface area contributed by atoms with Gasteiger partial charge in [-0.05, 0) is 13.8 Å². The summed E-state index contributed by atoms with van der Waals surface area (Å²) in [6.07, 6.45) is -5.83. The normalized spacial score (nSPS) is 49.0. The number of aliphatic hydroxyl groups is 4. The summed E-state index contributed by atoms with van der Waals surface area (Å²) in [5, 5.41) is 38.4. The van der Waals surface area contributed by atoms with E-state index in [4.69, 9.17) is 9.47 Å². The molecule has 6 atom stereocenters. The predicted octanol–water partition coefficient (Wildman–Crippen LogP) is -1.79. The molecule has 0 aromatic carbocycles. The van der Waals surface area contributed by atoms with Crippen LogP contribution in [-0.2, 0) is 9.47 Å². The predicted molar refractivity (Wildman–Crippen MR) is 50.0 cm³/mol. The highest BCUT2D eigenvalue weighted by atomic mass is 16.7. The second-order valence-corrected chi connectivity index (χ2v) is 4.07. The molecule has 1 fully saturated rings. The molecule has 1 aliphatic heterocycles. The van der Waals surface area contributed by atoms with Crippen molar-refractivity contribution in [2.45, 2.75) is 50.2 Å². The van der Waals surface area contributed by atoms with Gasteiger partial charge in [0.15, 0.2) is 6.29 Å². The summed E-state index contributed by atoms with van der Waals surface area (Å²) >= 11 is 0. The third-order valence-corrected chi connectivity index (χ3v) is 2.71. The van der Waals surface area contributed by atoms with Gasteiger partial charge in [-0.15, -0.1) is 0 Å². The average Bonchev–Trinajstić information content (AvgIpc) is 2.14. The zero-order valence-corrected chi connectivity index (χ0v) is 8.99. The molecule has 0 saturated carbocycles. The monoisotopic (exact) mass is 222 g/mol. The molecule has 0 bridgehead atoms. The van der Waals surface area contributed by atoms with Gasteiger partial charge in [-0.3, -0.25) is 0 Å². The van der Waals surface area contributed by atoms with Crippen molar-refractivity contribution in [2.75, 3.05) is 7.11 Å². The highest BCUT2D eigenvalue weighted by Gasteiger charge is 2.53. The van der Waals surface area contributed by atoms with Gasteiger partial charge in [0.05, 0.1) is 6.10 Å². The summed E-state index contributed by atoms with van der Waals surface area (Å²) in [6.45, 7) is 2.72. The first-order valence-electron chi connectivity index (χ1n) is 4.77. The van der Waals surface area contributed by atoms with Gasteiger partial charge in [0.1, 0.15) is 23.9 Å². The van der Waals surface area contributed by atoms with Crippen LogP contribution in [0.1, 0.15) is 13.8 Å². The molecule has 4 N–H and O–H groups in total. The van der Waals surface area contributed by atoms with Crippen molar-refractivity contribution in [3.05, 3.63) is 0 Å². The Balaban J connectivity index is 2.88. The van der Waals surface area contributed by atoms with E-state index in [0.29, 0.717) is 0 Å². The lowest BCUT2D eigenvalue weighted by Gasteiger charge is -2.46. The first kappa shape index (κ1) is 12.8. The van der Waals surface area contributed by atoms with Crippen LogP contribution < -0.4 is 0 Å². The minimum absolute atomic E-state index is 0.969. The van der Waals surface area contributed by atoms with Gasteiger partial charge < -0.3 is 29.9 Å². The maximum absolute atomic E-state index is 9.83. The Kier molecular flexibility index (Phi) is 3.70. The van der Waals surface area contributed by atoms with Crippen LogP contribution >= 0.6 is 0 Å². The van der Waals surface area contributed by atoms with Crippen molar-refractivity contribution in [3.8, 4) is 0 Å². The van der Waals surface area contributed by atoms with Crippen LogP contribution in [0.4, 0.5) is 0 Å². The molecule has 1 saturated heterocycles. The van der Waals surface area contributed by atoms with E-state index < -0.39 is 36.3 Å². The van der Waals surface area contributed by atoms with E-state index in [1.807, 2.05) is 0 Å². The van der Waals surface area contributed by atoms with E-state index in [9.17, 15) is 20.4 Å². The molecule has 0 aromatic rings. The standard InChI is InChI=1S/C9H18O6/c1-4(10)6-5(11)7(12)9(2,13)8(14-3)15-6/h4-8,10-13H,1-3H3/t4?,5-,6-,7+,8-,9-/m1/s1. The molecule has 0 spiro atoms. The molecule has 0 aliphatic carbocycles. The van der Waals surface area contributed by atoms with Gasteiger partial charge in [0, 0.05) is 7.11 Å². The van der Waals surface area contributed by atoms with Crippen LogP contribution in [0.3, 0.4) is 0 Å². The lowest BCUT2D eigenvalue weighted by atomic mass is 9.86. The first-order valence-corrected chi connectivity index (χ1v) is 4.77. The van der Waals surface area contributed by atoms with Gasteiger partial charge in [-0.1, -0.05) is 0 Å². The number of hydrogen-bond donors (Lipinski definition) is 4. The number of methoxy groups -OCH3 is 1. The van der Waals surface area contributed by atoms with E-state index in [1.54, 1.807) is 0 Å². The summed E-state index contributed by atoms with van der Waals surface area (Å²) in [7, 11) is 1.31. The molecule has 1 unspecified atom stereocenters. The quantitative estimate of drug-likeness (QED) is 0.440. The number of ether oxygens (including phenoxy) is 2. The molecule has 6 heteroatoms. The van der Waals surface area contributed by atoms with Crippen LogP contribution in [0, 0.1) is 0 Å². The molecule has 1 rings (SSSR count). The highest BCUT2D eigenvalue weighted by Crippen LogP contribution is 2.31. The van der Waals surface area contributed by atoms with Gasteiger partial charge in [-0.25, -0.2) is 0 Å². The van der Waals surface area contributed by atoms with Crippen LogP contribution in [0.2, 0.25) is 0 Å². The van der Waals surface area contributed by atoms with E-state index in [0.717, 1.165) is 0 Å². The van der Waals surface area contributed by atoms with Crippen LogP contribution in [0.5, 0.6) is 0 Å². The summed E-state index contributed by atoms with van der Waals surface area (Å²) in [6, 6.07) is 0. The smallest absolute Gasteiger partial charge is 0.188 e. The Labute approximate surface area is 88.1 Å². The maximum atomic E-state index is 9.83. The molecular formula is C9H18O6. The Morgan fingerprint density at radius 2 is 1.93 bits per heavy atom. The van der Waals surface area contributed by atoms with Crippen molar-refractivity contribution in [3.63, 3.8) is 0 Å². The molecular weight excluding hydrogens is 204 g/mol. The highest BCUT2D eigenvalue weighted by molar-refractivity contribution is 4.98. The largest absolute Gasteiger partial charge is 0.391 e. The van der Waals surface area contributed by atoms with Crippen molar-refractivity contribution in [2.24, 2.45) is 0 Å². The fourth-order valence-electron chi connectivity index (χ4n) is 1.72. The number of hydrogen-bond acceptors (Lipinski definition) is 6. The topological polar surface area (TPSA) is 99.4 Å². The third kappa shape index (κ3) is 2.15. The Bertz CT molecular complexity index is 211. The Hall–Kier alpha value is -0.240. The van der Waals surface area contributed by atoms with Crippen molar-refractivity contribution in [1.29, 1.82) is 0 Å². The van der Waals surface area contributed by atoms with E-state index in [-0.39, 0.29) is 0 Å². The second kappa shape index (κ2) is 4.32. The molecule has 0 amide bonds. The van der Waals surface area contributed by atoms with Crippen molar-refractivity contribution >= 4 is 0 Å². The Morgan fingerprint density at radius 3 is 2.33 bits per heavy atom. The summed E-state index contributed by atoms with van der Waals surface area (Å²) in [5.74, 6) is 0. The molecule has 15 heavy (non-hydrogen) atoms. The van der Waals surface area contributed by atoms with Gasteiger partial charge in [0.2, 0.25) is 0 Å². The zero-order chi connectivity index (χ0) is 11.8. The zero-order valence-electron chi connectivity index (χ0n) is 8.99. The minimum atomic E-state index is -1.71. The maximum Gasteiger partial charge on any atom is 0.188 e. The first-order chi connectivity index (χ1) is 6.82. The number of rotatable bonds is 2. The van der Waals surface area contributed by atoms with Crippen molar-refractivity contribution < 1.29 is 29.9 Å². The average molecular weight is 222 g/mol. The summed E-state index contributed by atoms with van der Waals surface area (Å²) in [4.78, 5) is 0. The fourth-order valence-corrected chi connectivity index (χ4v) is 1.72. The van der Waals surface area contributed by atoms with Gasteiger partial charge in [-0.2, -0.15) is 0 Å². The fraction of sp³-hybridized carbons (Fsp3) is 1.00. The molecule has 0 aromatic heterocycles. The summed E-state index contributed by atoms with van der Waals surface area (Å²) < 4.78 is 10.0. The van der Waals surface area contributed by atoms with E-state index in [1.165, 1.54) is 21.0 Å². The van der Waals surface area contributed by atoms with Gasteiger partial charge in [0.25, 0.3) is 0 Å². The van der Waals surface area contributed by atoms with Crippen molar-refractivity contribution in [1.82, 2.24) is 0 Å². The molecule has 0 radical (unpaired) electrons. The molecule has 90 valence electrons. The van der Waals surface area contributed by atoms with Crippen LogP contribution in [0.25, 0.3) is 0 Å². The van der Waals surface area contributed by atoms with E-state index in [2.05, 4.69) is 0 Å². The van der Waals surface area contributed by atoms with Crippen LogP contribution in [-0.4, -0.2) is 63.8 Å².